The maximum absolute atomic E-state index is 8.44. The number of allylic oxidation sites excluding steroid dienone is 3. The molecule has 0 rings (SSSR count). The van der Waals surface area contributed by atoms with E-state index in [4.69, 9.17) is 5.11 Å². The lowest BCUT2D eigenvalue weighted by molar-refractivity contribution is 0.302. The van der Waals surface area contributed by atoms with Crippen molar-refractivity contribution in [2.24, 2.45) is 0 Å². The minimum Gasteiger partial charge on any atom is -0.396 e. The highest BCUT2D eigenvalue weighted by molar-refractivity contribution is 4.87. The van der Waals surface area contributed by atoms with Gasteiger partial charge in [-0.1, -0.05) is 31.2 Å². The molecule has 0 spiro atoms. The molecule has 0 aliphatic heterocycles. The zero-order chi connectivity index (χ0) is 8.36. The molecular weight excluding hydrogens is 136 g/mol. The smallest absolute Gasteiger partial charge is 0.0465 e. The van der Waals surface area contributed by atoms with Gasteiger partial charge in [-0.2, -0.15) is 0 Å². The van der Waals surface area contributed by atoms with E-state index in [9.17, 15) is 0 Å². The number of unbranched alkanes of at least 4 members (excludes halogenated alkanes) is 1. The molecule has 0 radical (unpaired) electrons. The molecule has 1 nitrogen and oxygen atoms in total. The number of aliphatic hydroxyl groups is 1. The van der Waals surface area contributed by atoms with Crippen LogP contribution < -0.4 is 0 Å². The van der Waals surface area contributed by atoms with Crippen molar-refractivity contribution in [1.29, 1.82) is 0 Å². The first-order valence-corrected chi connectivity index (χ1v) is 4.32. The van der Waals surface area contributed by atoms with Crippen LogP contribution in [0.1, 0.15) is 32.6 Å². The van der Waals surface area contributed by atoms with Crippen LogP contribution in [-0.4, -0.2) is 11.7 Å². The molecule has 0 saturated heterocycles. The van der Waals surface area contributed by atoms with Crippen molar-refractivity contribution < 1.29 is 5.11 Å². The maximum Gasteiger partial charge on any atom is 0.0465 e. The van der Waals surface area contributed by atoms with E-state index in [0.717, 1.165) is 25.7 Å². The van der Waals surface area contributed by atoms with Crippen molar-refractivity contribution in [3.05, 3.63) is 24.3 Å². The van der Waals surface area contributed by atoms with Gasteiger partial charge in [0.1, 0.15) is 0 Å². The summed E-state index contributed by atoms with van der Waals surface area (Å²) in [6.45, 7) is 2.40. The zero-order valence-electron chi connectivity index (χ0n) is 7.29. The van der Waals surface area contributed by atoms with E-state index >= 15 is 0 Å². The van der Waals surface area contributed by atoms with E-state index < -0.39 is 0 Å². The highest BCUT2D eigenvalue weighted by Crippen LogP contribution is 1.94. The Bertz CT molecular complexity index is 114. The van der Waals surface area contributed by atoms with Crippen molar-refractivity contribution in [2.75, 3.05) is 6.61 Å². The van der Waals surface area contributed by atoms with Gasteiger partial charge in [0, 0.05) is 6.61 Å². The van der Waals surface area contributed by atoms with Crippen LogP contribution in [0.15, 0.2) is 24.3 Å². The molecule has 0 aromatic carbocycles. The molecule has 0 unspecified atom stereocenters. The summed E-state index contributed by atoms with van der Waals surface area (Å²) in [5.41, 5.74) is 0. The summed E-state index contributed by atoms with van der Waals surface area (Å²) in [4.78, 5) is 0. The molecule has 0 saturated carbocycles. The van der Waals surface area contributed by atoms with Crippen molar-refractivity contribution in [3.8, 4) is 0 Å². The largest absolute Gasteiger partial charge is 0.396 e. The van der Waals surface area contributed by atoms with Gasteiger partial charge in [0.2, 0.25) is 0 Å². The Kier molecular flexibility index (Phi) is 8.96. The molecule has 0 bridgehead atoms. The number of rotatable bonds is 6. The van der Waals surface area contributed by atoms with Crippen molar-refractivity contribution in [2.45, 2.75) is 32.6 Å². The average Bonchev–Trinajstić information content (AvgIpc) is 2.03. The molecule has 0 amide bonds. The first-order valence-electron chi connectivity index (χ1n) is 4.32. The molecule has 0 aromatic heterocycles. The fourth-order valence-corrected chi connectivity index (χ4v) is 0.787. The molecule has 0 atom stereocenters. The molecule has 0 aromatic rings. The molecule has 1 N–H and O–H groups in total. The Morgan fingerprint density at radius 2 is 1.45 bits per heavy atom. The average molecular weight is 154 g/mol. The summed E-state index contributed by atoms with van der Waals surface area (Å²) in [6.07, 6.45) is 12.7. The van der Waals surface area contributed by atoms with Gasteiger partial charge in [-0.15, -0.1) is 0 Å². The van der Waals surface area contributed by atoms with Crippen LogP contribution in [0.5, 0.6) is 0 Å². The Balaban J connectivity index is 3.06. The minimum atomic E-state index is 0.265. The van der Waals surface area contributed by atoms with Crippen LogP contribution in [0.3, 0.4) is 0 Å². The Morgan fingerprint density at radius 1 is 0.909 bits per heavy atom. The molecule has 0 fully saturated rings. The summed E-state index contributed by atoms with van der Waals surface area (Å²) in [5.74, 6) is 0. The Labute approximate surface area is 69.4 Å². The van der Waals surface area contributed by atoms with Gasteiger partial charge in [-0.3, -0.25) is 0 Å². The van der Waals surface area contributed by atoms with E-state index in [2.05, 4.69) is 25.2 Å². The number of aliphatic hydroxyl groups excluding tert-OH is 1. The van der Waals surface area contributed by atoms with E-state index in [1.165, 1.54) is 0 Å². The Morgan fingerprint density at radius 3 is 2.00 bits per heavy atom. The highest BCUT2D eigenvalue weighted by atomic mass is 16.2. The molecule has 0 aliphatic rings. The summed E-state index contributed by atoms with van der Waals surface area (Å²) >= 11 is 0. The maximum atomic E-state index is 8.44. The van der Waals surface area contributed by atoms with Gasteiger partial charge in [-0.25, -0.2) is 0 Å². The second-order valence-electron chi connectivity index (χ2n) is 2.44. The van der Waals surface area contributed by atoms with Crippen LogP contribution in [-0.2, 0) is 0 Å². The fourth-order valence-electron chi connectivity index (χ4n) is 0.787. The van der Waals surface area contributed by atoms with Crippen LogP contribution in [0.2, 0.25) is 0 Å². The molecule has 1 heteroatoms. The van der Waals surface area contributed by atoms with Gasteiger partial charge in [0.05, 0.1) is 0 Å². The fraction of sp³-hybridized carbons (Fsp3) is 0.600. The van der Waals surface area contributed by atoms with Crippen molar-refractivity contribution in [1.82, 2.24) is 0 Å². The third-order valence-corrected chi connectivity index (χ3v) is 1.36. The standard InChI is InChI=1S/C10H18O/c1-2-3-4-5-6-7-8-9-10-11/h3-4,7-8,11H,2,5-6,9-10H2,1H3. The summed E-state index contributed by atoms with van der Waals surface area (Å²) in [5, 5.41) is 8.44. The van der Waals surface area contributed by atoms with Crippen molar-refractivity contribution >= 4 is 0 Å². The lowest BCUT2D eigenvalue weighted by Crippen LogP contribution is -1.75. The second kappa shape index (κ2) is 9.44. The van der Waals surface area contributed by atoms with Gasteiger partial charge in [0.15, 0.2) is 0 Å². The van der Waals surface area contributed by atoms with Gasteiger partial charge >= 0.3 is 0 Å². The summed E-state index contributed by atoms with van der Waals surface area (Å²) < 4.78 is 0. The van der Waals surface area contributed by atoms with E-state index in [1.807, 2.05) is 6.08 Å². The van der Waals surface area contributed by atoms with E-state index in [-0.39, 0.29) is 6.61 Å². The quantitative estimate of drug-likeness (QED) is 0.460. The molecule has 0 aliphatic carbocycles. The monoisotopic (exact) mass is 154 g/mol. The highest BCUT2D eigenvalue weighted by Gasteiger charge is 1.76. The Hall–Kier alpha value is -0.560. The van der Waals surface area contributed by atoms with Gasteiger partial charge < -0.3 is 5.11 Å². The lowest BCUT2D eigenvalue weighted by Gasteiger charge is -1.86. The first-order chi connectivity index (χ1) is 5.41. The summed E-state index contributed by atoms with van der Waals surface area (Å²) in [7, 11) is 0. The lowest BCUT2D eigenvalue weighted by atomic mass is 10.2. The summed E-state index contributed by atoms with van der Waals surface area (Å²) in [6, 6.07) is 0. The molecule has 11 heavy (non-hydrogen) atoms. The predicted molar refractivity (Wildman–Crippen MR) is 49.5 cm³/mol. The minimum absolute atomic E-state index is 0.265. The SMILES string of the molecule is CCC=CCCC=CCCO. The van der Waals surface area contributed by atoms with Crippen LogP contribution >= 0.6 is 0 Å². The van der Waals surface area contributed by atoms with Gasteiger partial charge in [-0.05, 0) is 25.7 Å². The van der Waals surface area contributed by atoms with E-state index in [1.54, 1.807) is 0 Å². The van der Waals surface area contributed by atoms with Crippen LogP contribution in [0.4, 0.5) is 0 Å². The second-order valence-corrected chi connectivity index (χ2v) is 2.44. The van der Waals surface area contributed by atoms with E-state index in [0.29, 0.717) is 0 Å². The molecular formula is C10H18O. The predicted octanol–water partition coefficient (Wildman–Crippen LogP) is 2.67. The molecule has 64 valence electrons. The van der Waals surface area contributed by atoms with Crippen LogP contribution in [0, 0.1) is 0 Å². The topological polar surface area (TPSA) is 20.2 Å². The van der Waals surface area contributed by atoms with Crippen LogP contribution in [0.25, 0.3) is 0 Å². The molecule has 0 heterocycles. The third kappa shape index (κ3) is 9.44. The number of hydrogen-bond donors (Lipinski definition) is 1. The number of hydrogen-bond acceptors (Lipinski definition) is 1. The normalized spacial score (nSPS) is 11.8. The van der Waals surface area contributed by atoms with Crippen molar-refractivity contribution in [3.63, 3.8) is 0 Å². The first kappa shape index (κ1) is 10.4. The third-order valence-electron chi connectivity index (χ3n) is 1.36. The van der Waals surface area contributed by atoms with Gasteiger partial charge in [0.25, 0.3) is 0 Å². The zero-order valence-corrected chi connectivity index (χ0v) is 7.29.